The lowest BCUT2D eigenvalue weighted by molar-refractivity contribution is -0.137. The predicted octanol–water partition coefficient (Wildman–Crippen LogP) is 1.39. The first-order chi connectivity index (χ1) is 8.68. The van der Waals surface area contributed by atoms with Gasteiger partial charge in [0, 0.05) is 31.8 Å². The van der Waals surface area contributed by atoms with Crippen LogP contribution < -0.4 is 5.32 Å². The average Bonchev–Trinajstić information content (AvgIpc) is 2.37. The lowest BCUT2D eigenvalue weighted by atomic mass is 10.1. The average molecular weight is 250 g/mol. The molecular weight excluding hydrogens is 232 g/mol. The van der Waals surface area contributed by atoms with Gasteiger partial charge in [0.2, 0.25) is 5.91 Å². The van der Waals surface area contributed by atoms with Gasteiger partial charge in [-0.2, -0.15) is 0 Å². The van der Waals surface area contributed by atoms with Gasteiger partial charge in [-0.25, -0.2) is 0 Å². The molecule has 0 bridgehead atoms. The van der Waals surface area contributed by atoms with Gasteiger partial charge in [0.05, 0.1) is 0 Å². The number of pyridine rings is 1. The number of aryl methyl sites for hydroxylation is 1. The van der Waals surface area contributed by atoms with E-state index in [9.17, 15) is 9.59 Å². The summed E-state index contributed by atoms with van der Waals surface area (Å²) in [6, 6.07) is 3.78. The Morgan fingerprint density at radius 1 is 1.17 bits per heavy atom. The number of nitrogens with one attached hydrogen (secondary N) is 1. The van der Waals surface area contributed by atoms with Crippen LogP contribution in [0, 0.1) is 0 Å². The molecule has 0 aliphatic rings. The Balaban J connectivity index is 2.06. The largest absolute Gasteiger partial charge is 0.481 e. The molecule has 1 rings (SSSR count). The van der Waals surface area contributed by atoms with Crippen molar-refractivity contribution in [2.75, 3.05) is 6.54 Å². The molecule has 0 aliphatic heterocycles. The molecule has 0 fully saturated rings. The van der Waals surface area contributed by atoms with E-state index in [0.29, 0.717) is 32.2 Å². The number of amides is 1. The van der Waals surface area contributed by atoms with Crippen LogP contribution in [0.25, 0.3) is 0 Å². The molecule has 5 nitrogen and oxygen atoms in total. The monoisotopic (exact) mass is 250 g/mol. The van der Waals surface area contributed by atoms with Crippen molar-refractivity contribution in [3.63, 3.8) is 0 Å². The number of carbonyl (C=O) groups excluding carboxylic acids is 1. The zero-order valence-electron chi connectivity index (χ0n) is 10.3. The second-order valence-electron chi connectivity index (χ2n) is 4.06. The smallest absolute Gasteiger partial charge is 0.303 e. The third-order valence-electron chi connectivity index (χ3n) is 2.53. The number of aliphatic carboxylic acids is 1. The highest BCUT2D eigenvalue weighted by Crippen LogP contribution is 2.00. The number of carboxylic acids is 1. The molecule has 0 aliphatic carbocycles. The Bertz CT molecular complexity index is 379. The maximum Gasteiger partial charge on any atom is 0.303 e. The third kappa shape index (κ3) is 6.62. The van der Waals surface area contributed by atoms with Crippen LogP contribution in [-0.2, 0) is 16.0 Å². The van der Waals surface area contributed by atoms with Crippen LogP contribution in [-0.4, -0.2) is 28.5 Å². The molecular formula is C13H18N2O3. The highest BCUT2D eigenvalue weighted by molar-refractivity contribution is 5.76. The number of nitrogens with zero attached hydrogens (tertiary/aromatic N) is 1. The Labute approximate surface area is 106 Å². The molecule has 98 valence electrons. The molecule has 1 amide bonds. The van der Waals surface area contributed by atoms with Gasteiger partial charge in [0.25, 0.3) is 0 Å². The van der Waals surface area contributed by atoms with E-state index in [0.717, 1.165) is 5.56 Å². The fourth-order valence-electron chi connectivity index (χ4n) is 1.52. The van der Waals surface area contributed by atoms with Crippen LogP contribution in [0.2, 0.25) is 0 Å². The van der Waals surface area contributed by atoms with Crippen LogP contribution in [0.1, 0.15) is 31.2 Å². The van der Waals surface area contributed by atoms with Gasteiger partial charge >= 0.3 is 5.97 Å². The molecule has 1 aromatic rings. The first-order valence-corrected chi connectivity index (χ1v) is 6.06. The molecule has 0 saturated heterocycles. The minimum Gasteiger partial charge on any atom is -0.481 e. The Hall–Kier alpha value is -1.91. The lowest BCUT2D eigenvalue weighted by Crippen LogP contribution is -2.24. The van der Waals surface area contributed by atoms with E-state index in [1.54, 1.807) is 12.4 Å². The summed E-state index contributed by atoms with van der Waals surface area (Å²) in [5.41, 5.74) is 1.09. The van der Waals surface area contributed by atoms with Gasteiger partial charge in [-0.15, -0.1) is 0 Å². The van der Waals surface area contributed by atoms with Crippen molar-refractivity contribution >= 4 is 11.9 Å². The van der Waals surface area contributed by atoms with Gasteiger partial charge in [-0.1, -0.05) is 0 Å². The molecule has 0 atom stereocenters. The van der Waals surface area contributed by atoms with Gasteiger partial charge in [-0.3, -0.25) is 14.6 Å². The summed E-state index contributed by atoms with van der Waals surface area (Å²) in [5, 5.41) is 11.2. The quantitative estimate of drug-likeness (QED) is 0.683. The second-order valence-corrected chi connectivity index (χ2v) is 4.06. The summed E-state index contributed by atoms with van der Waals surface area (Å²) in [6.07, 6.45) is 6.02. The standard InChI is InChI=1S/C13H18N2O3/c16-12(15-8-2-1-3-13(17)18)5-4-11-6-9-14-10-7-11/h6-7,9-10H,1-5,8H2,(H,15,16)(H,17,18). The summed E-state index contributed by atoms with van der Waals surface area (Å²) < 4.78 is 0. The van der Waals surface area contributed by atoms with Gasteiger partial charge in [0.15, 0.2) is 0 Å². The second kappa shape index (κ2) is 8.22. The molecule has 5 heteroatoms. The normalized spacial score (nSPS) is 10.0. The fraction of sp³-hybridized carbons (Fsp3) is 0.462. The first-order valence-electron chi connectivity index (χ1n) is 6.06. The van der Waals surface area contributed by atoms with Crippen molar-refractivity contribution in [1.82, 2.24) is 10.3 Å². The molecule has 0 radical (unpaired) electrons. The summed E-state index contributed by atoms with van der Waals surface area (Å²) in [7, 11) is 0. The number of hydrogen-bond acceptors (Lipinski definition) is 3. The van der Waals surface area contributed by atoms with E-state index >= 15 is 0 Å². The maximum absolute atomic E-state index is 11.5. The number of carbonyl (C=O) groups is 2. The molecule has 0 spiro atoms. The Morgan fingerprint density at radius 2 is 1.89 bits per heavy atom. The lowest BCUT2D eigenvalue weighted by Gasteiger charge is -2.04. The van der Waals surface area contributed by atoms with Gasteiger partial charge in [-0.05, 0) is 37.0 Å². The summed E-state index contributed by atoms with van der Waals surface area (Å²) in [5.74, 6) is -0.791. The SMILES string of the molecule is O=C(O)CCCCNC(=O)CCc1ccncc1. The minimum atomic E-state index is -0.793. The van der Waals surface area contributed by atoms with Crippen molar-refractivity contribution in [2.24, 2.45) is 0 Å². The topological polar surface area (TPSA) is 79.3 Å². The summed E-state index contributed by atoms with van der Waals surface area (Å²) in [4.78, 5) is 25.6. The van der Waals surface area contributed by atoms with Gasteiger partial charge < -0.3 is 10.4 Å². The molecule has 0 unspecified atom stereocenters. The highest BCUT2D eigenvalue weighted by Gasteiger charge is 2.02. The van der Waals surface area contributed by atoms with E-state index in [1.807, 2.05) is 12.1 Å². The van der Waals surface area contributed by atoms with Crippen LogP contribution in [0.15, 0.2) is 24.5 Å². The summed E-state index contributed by atoms with van der Waals surface area (Å²) >= 11 is 0. The van der Waals surface area contributed by atoms with E-state index in [2.05, 4.69) is 10.3 Å². The van der Waals surface area contributed by atoms with E-state index in [-0.39, 0.29) is 12.3 Å². The number of rotatable bonds is 8. The number of hydrogen-bond donors (Lipinski definition) is 2. The van der Waals surface area contributed by atoms with Crippen LogP contribution in [0.3, 0.4) is 0 Å². The van der Waals surface area contributed by atoms with Crippen molar-refractivity contribution in [3.05, 3.63) is 30.1 Å². The summed E-state index contributed by atoms with van der Waals surface area (Å²) in [6.45, 7) is 0.544. The van der Waals surface area contributed by atoms with Crippen molar-refractivity contribution < 1.29 is 14.7 Å². The zero-order valence-corrected chi connectivity index (χ0v) is 10.3. The first kappa shape index (κ1) is 14.2. The number of aromatic nitrogens is 1. The minimum absolute atomic E-state index is 0.00198. The number of carboxylic acid groups (broad SMARTS) is 1. The molecule has 0 saturated carbocycles. The molecule has 0 aromatic carbocycles. The van der Waals surface area contributed by atoms with Crippen molar-refractivity contribution in [2.45, 2.75) is 32.1 Å². The Morgan fingerprint density at radius 3 is 2.56 bits per heavy atom. The molecule has 18 heavy (non-hydrogen) atoms. The highest BCUT2D eigenvalue weighted by atomic mass is 16.4. The Kier molecular flexibility index (Phi) is 6.46. The molecule has 1 heterocycles. The van der Waals surface area contributed by atoms with Crippen LogP contribution in [0.5, 0.6) is 0 Å². The van der Waals surface area contributed by atoms with Gasteiger partial charge in [0.1, 0.15) is 0 Å². The third-order valence-corrected chi connectivity index (χ3v) is 2.53. The predicted molar refractivity (Wildman–Crippen MR) is 67.1 cm³/mol. The zero-order chi connectivity index (χ0) is 13.2. The van der Waals surface area contributed by atoms with Crippen molar-refractivity contribution in [1.29, 1.82) is 0 Å². The van der Waals surface area contributed by atoms with Crippen molar-refractivity contribution in [3.8, 4) is 0 Å². The maximum atomic E-state index is 11.5. The van der Waals surface area contributed by atoms with E-state index in [1.165, 1.54) is 0 Å². The molecule has 1 aromatic heterocycles. The van der Waals surface area contributed by atoms with Crippen LogP contribution in [0.4, 0.5) is 0 Å². The van der Waals surface area contributed by atoms with Crippen LogP contribution >= 0.6 is 0 Å². The molecule has 2 N–H and O–H groups in total. The fourth-order valence-corrected chi connectivity index (χ4v) is 1.52. The van der Waals surface area contributed by atoms with E-state index in [4.69, 9.17) is 5.11 Å². The number of unbranched alkanes of at least 4 members (excludes halogenated alkanes) is 1. The van der Waals surface area contributed by atoms with E-state index < -0.39 is 5.97 Å².